The van der Waals surface area contributed by atoms with Gasteiger partial charge in [-0.1, -0.05) is 22.0 Å². The smallest absolute Gasteiger partial charge is 0.308 e. The van der Waals surface area contributed by atoms with E-state index in [4.69, 9.17) is 9.84 Å². The Morgan fingerprint density at radius 2 is 1.95 bits per heavy atom. The molecule has 0 spiro atoms. The average Bonchev–Trinajstić information content (AvgIpc) is 2.37. The molecule has 0 bridgehead atoms. The Bertz CT molecular complexity index is 492. The van der Waals surface area contributed by atoms with Gasteiger partial charge in [-0.25, -0.2) is 0 Å². The highest BCUT2D eigenvalue weighted by atomic mass is 79.9. The third kappa shape index (κ3) is 4.85. The zero-order valence-corrected chi connectivity index (χ0v) is 13.2. The van der Waals surface area contributed by atoms with Gasteiger partial charge in [-0.05, 0) is 39.0 Å². The van der Waals surface area contributed by atoms with Gasteiger partial charge in [0.05, 0.1) is 5.92 Å². The van der Waals surface area contributed by atoms with Crippen LogP contribution in [-0.4, -0.2) is 29.1 Å². The number of carboxylic acid groups (broad SMARTS) is 1. The standard InChI is InChI=1S/C14H18BrNO4/c1-8(14(18)19)9(2)16-13(17)10(3)20-12-6-4-5-11(15)7-12/h4-10H,1-3H3,(H,16,17)(H,18,19). The van der Waals surface area contributed by atoms with Crippen molar-refractivity contribution in [3.8, 4) is 5.75 Å². The van der Waals surface area contributed by atoms with Gasteiger partial charge in [-0.2, -0.15) is 0 Å². The second-order valence-corrected chi connectivity index (χ2v) is 5.56. The number of hydrogen-bond donors (Lipinski definition) is 2. The summed E-state index contributed by atoms with van der Waals surface area (Å²) in [6.07, 6.45) is -0.701. The lowest BCUT2D eigenvalue weighted by atomic mass is 10.0. The molecule has 20 heavy (non-hydrogen) atoms. The molecule has 0 radical (unpaired) electrons. The van der Waals surface area contributed by atoms with Crippen molar-refractivity contribution in [3.63, 3.8) is 0 Å². The lowest BCUT2D eigenvalue weighted by Gasteiger charge is -2.21. The highest BCUT2D eigenvalue weighted by Gasteiger charge is 2.23. The monoisotopic (exact) mass is 343 g/mol. The summed E-state index contributed by atoms with van der Waals surface area (Å²) in [5.74, 6) is -1.37. The molecular formula is C14H18BrNO4. The van der Waals surface area contributed by atoms with Crippen molar-refractivity contribution < 1.29 is 19.4 Å². The minimum atomic E-state index is -0.946. The summed E-state index contributed by atoms with van der Waals surface area (Å²) in [4.78, 5) is 22.8. The summed E-state index contributed by atoms with van der Waals surface area (Å²) in [6, 6.07) is 6.70. The van der Waals surface area contributed by atoms with E-state index in [0.29, 0.717) is 5.75 Å². The van der Waals surface area contributed by atoms with Crippen LogP contribution >= 0.6 is 15.9 Å². The Kier molecular flexibility index (Phi) is 6.01. The van der Waals surface area contributed by atoms with Gasteiger partial charge in [0.2, 0.25) is 0 Å². The fourth-order valence-corrected chi connectivity index (χ4v) is 1.86. The van der Waals surface area contributed by atoms with E-state index in [0.717, 1.165) is 4.47 Å². The predicted octanol–water partition coefficient (Wildman–Crippen LogP) is 2.44. The number of rotatable bonds is 6. The predicted molar refractivity (Wildman–Crippen MR) is 78.6 cm³/mol. The van der Waals surface area contributed by atoms with Gasteiger partial charge >= 0.3 is 5.97 Å². The van der Waals surface area contributed by atoms with Crippen LogP contribution in [0.4, 0.5) is 0 Å². The first-order valence-electron chi connectivity index (χ1n) is 6.26. The molecule has 0 aliphatic rings. The molecule has 0 saturated heterocycles. The molecule has 3 atom stereocenters. The Balaban J connectivity index is 2.57. The molecule has 1 aromatic carbocycles. The quantitative estimate of drug-likeness (QED) is 0.831. The lowest BCUT2D eigenvalue weighted by molar-refractivity contribution is -0.142. The molecule has 3 unspecified atom stereocenters. The summed E-state index contributed by atoms with van der Waals surface area (Å²) in [7, 11) is 0. The highest BCUT2D eigenvalue weighted by Crippen LogP contribution is 2.19. The maximum Gasteiger partial charge on any atom is 0.308 e. The molecule has 0 aliphatic carbocycles. The number of hydrogen-bond acceptors (Lipinski definition) is 3. The largest absolute Gasteiger partial charge is 0.481 e. The van der Waals surface area contributed by atoms with E-state index in [2.05, 4.69) is 21.2 Å². The van der Waals surface area contributed by atoms with Crippen molar-refractivity contribution in [2.75, 3.05) is 0 Å². The van der Waals surface area contributed by atoms with Crippen LogP contribution in [0.3, 0.4) is 0 Å². The molecule has 2 N–H and O–H groups in total. The minimum Gasteiger partial charge on any atom is -0.481 e. The number of amides is 1. The number of carboxylic acids is 1. The first kappa shape index (κ1) is 16.5. The molecule has 5 nitrogen and oxygen atoms in total. The Morgan fingerprint density at radius 3 is 2.50 bits per heavy atom. The molecule has 1 rings (SSSR count). The molecule has 0 heterocycles. The molecule has 6 heteroatoms. The molecular weight excluding hydrogens is 326 g/mol. The average molecular weight is 344 g/mol. The van der Waals surface area contributed by atoms with Gasteiger partial charge in [0.1, 0.15) is 5.75 Å². The van der Waals surface area contributed by atoms with Crippen LogP contribution in [-0.2, 0) is 9.59 Å². The Hall–Kier alpha value is -1.56. The summed E-state index contributed by atoms with van der Waals surface area (Å²) in [5, 5.41) is 11.5. The number of aliphatic carboxylic acids is 1. The number of ether oxygens (including phenoxy) is 1. The summed E-state index contributed by atoms with van der Waals surface area (Å²) < 4.78 is 6.37. The van der Waals surface area contributed by atoms with Crippen LogP contribution in [0.15, 0.2) is 28.7 Å². The van der Waals surface area contributed by atoms with Gasteiger partial charge in [0, 0.05) is 10.5 Å². The van der Waals surface area contributed by atoms with Crippen LogP contribution in [0.25, 0.3) is 0 Å². The number of benzene rings is 1. The normalized spacial score (nSPS) is 15.0. The summed E-state index contributed by atoms with van der Waals surface area (Å²) >= 11 is 3.32. The minimum absolute atomic E-state index is 0.342. The zero-order chi connectivity index (χ0) is 15.3. The molecule has 0 fully saturated rings. The molecule has 0 aliphatic heterocycles. The van der Waals surface area contributed by atoms with Crippen molar-refractivity contribution in [1.29, 1.82) is 0 Å². The lowest BCUT2D eigenvalue weighted by Crippen LogP contribution is -2.45. The second kappa shape index (κ2) is 7.28. The van der Waals surface area contributed by atoms with Crippen LogP contribution in [0.1, 0.15) is 20.8 Å². The molecule has 0 aromatic heterocycles. The van der Waals surface area contributed by atoms with Gasteiger partial charge in [-0.3, -0.25) is 9.59 Å². The van der Waals surface area contributed by atoms with Crippen LogP contribution in [0.2, 0.25) is 0 Å². The van der Waals surface area contributed by atoms with Crippen molar-refractivity contribution in [2.45, 2.75) is 32.9 Å². The number of halogens is 1. The number of carbonyl (C=O) groups excluding carboxylic acids is 1. The summed E-state index contributed by atoms with van der Waals surface area (Å²) in [5.41, 5.74) is 0. The van der Waals surface area contributed by atoms with E-state index in [-0.39, 0.29) is 5.91 Å². The first-order chi connectivity index (χ1) is 9.31. The van der Waals surface area contributed by atoms with E-state index in [1.165, 1.54) is 0 Å². The molecule has 1 amide bonds. The third-order valence-electron chi connectivity index (χ3n) is 2.99. The van der Waals surface area contributed by atoms with Crippen molar-refractivity contribution in [2.24, 2.45) is 5.92 Å². The van der Waals surface area contributed by atoms with E-state index in [1.54, 1.807) is 39.0 Å². The van der Waals surface area contributed by atoms with Crippen molar-refractivity contribution in [1.82, 2.24) is 5.32 Å². The first-order valence-corrected chi connectivity index (χ1v) is 7.06. The van der Waals surface area contributed by atoms with E-state index < -0.39 is 24.0 Å². The van der Waals surface area contributed by atoms with Crippen molar-refractivity contribution >= 4 is 27.8 Å². The molecule has 110 valence electrons. The third-order valence-corrected chi connectivity index (χ3v) is 3.48. The van der Waals surface area contributed by atoms with E-state index >= 15 is 0 Å². The fourth-order valence-electron chi connectivity index (χ4n) is 1.48. The number of carbonyl (C=O) groups is 2. The summed E-state index contributed by atoms with van der Waals surface area (Å²) in [6.45, 7) is 4.82. The molecule has 0 saturated carbocycles. The zero-order valence-electron chi connectivity index (χ0n) is 11.6. The van der Waals surface area contributed by atoms with Crippen LogP contribution < -0.4 is 10.1 Å². The van der Waals surface area contributed by atoms with Gasteiger partial charge in [-0.15, -0.1) is 0 Å². The topological polar surface area (TPSA) is 75.6 Å². The Labute approximate surface area is 126 Å². The van der Waals surface area contributed by atoms with Gasteiger partial charge in [0.25, 0.3) is 5.91 Å². The number of nitrogens with one attached hydrogen (secondary N) is 1. The maximum absolute atomic E-state index is 11.9. The second-order valence-electron chi connectivity index (χ2n) is 4.64. The van der Waals surface area contributed by atoms with Crippen molar-refractivity contribution in [3.05, 3.63) is 28.7 Å². The van der Waals surface area contributed by atoms with E-state index in [1.807, 2.05) is 6.07 Å². The van der Waals surface area contributed by atoms with Gasteiger partial charge in [0.15, 0.2) is 6.10 Å². The van der Waals surface area contributed by atoms with Gasteiger partial charge < -0.3 is 15.2 Å². The highest BCUT2D eigenvalue weighted by molar-refractivity contribution is 9.10. The van der Waals surface area contributed by atoms with E-state index in [9.17, 15) is 9.59 Å². The maximum atomic E-state index is 11.9. The Morgan fingerprint density at radius 1 is 1.30 bits per heavy atom. The SMILES string of the molecule is CC(Oc1cccc(Br)c1)C(=O)NC(C)C(C)C(=O)O. The molecule has 1 aromatic rings. The fraction of sp³-hybridized carbons (Fsp3) is 0.429. The van der Waals surface area contributed by atoms with Crippen LogP contribution in [0.5, 0.6) is 5.75 Å². The van der Waals surface area contributed by atoms with Crippen LogP contribution in [0, 0.1) is 5.92 Å².